The second-order valence-corrected chi connectivity index (χ2v) is 7.95. The first-order valence-corrected chi connectivity index (χ1v) is 9.94. The van der Waals surface area contributed by atoms with Gasteiger partial charge in [-0.2, -0.15) is 0 Å². The molecule has 0 spiro atoms. The van der Waals surface area contributed by atoms with E-state index in [0.29, 0.717) is 6.04 Å². The van der Waals surface area contributed by atoms with Crippen molar-refractivity contribution in [3.63, 3.8) is 0 Å². The standard InChI is InChI=1S/C20H27N3OS/c1-22(16-8-4-3-5-9-16)14-15-23(2)20(24)13-12-19-21-17-10-6-7-11-18(17)25-19/h6-7,10-13,16H,3-5,8-9,14-15H2,1-2H3/b13-12+. The molecule has 0 unspecified atom stereocenters. The zero-order chi connectivity index (χ0) is 17.6. The van der Waals surface area contributed by atoms with Crippen LogP contribution in [0.2, 0.25) is 0 Å². The fraction of sp³-hybridized carbons (Fsp3) is 0.500. The summed E-state index contributed by atoms with van der Waals surface area (Å²) in [5.41, 5.74) is 0.988. The molecule has 1 aromatic heterocycles. The molecular weight excluding hydrogens is 330 g/mol. The first-order chi connectivity index (χ1) is 12.1. The van der Waals surface area contributed by atoms with Crippen molar-refractivity contribution in [3.8, 4) is 0 Å². The number of hydrogen-bond donors (Lipinski definition) is 0. The minimum absolute atomic E-state index is 0.0382. The molecular formula is C20H27N3OS. The third kappa shape index (κ3) is 4.89. The molecule has 134 valence electrons. The van der Waals surface area contributed by atoms with Gasteiger partial charge < -0.3 is 9.80 Å². The van der Waals surface area contributed by atoms with E-state index in [-0.39, 0.29) is 5.91 Å². The number of aromatic nitrogens is 1. The number of carbonyl (C=O) groups excluding carboxylic acids is 1. The molecule has 1 saturated carbocycles. The molecule has 5 heteroatoms. The molecule has 2 aromatic rings. The van der Waals surface area contributed by atoms with Gasteiger partial charge in [0.1, 0.15) is 5.01 Å². The highest BCUT2D eigenvalue weighted by atomic mass is 32.1. The lowest BCUT2D eigenvalue weighted by molar-refractivity contribution is -0.124. The zero-order valence-corrected chi connectivity index (χ0v) is 16.0. The molecule has 0 atom stereocenters. The third-order valence-electron chi connectivity index (χ3n) is 5.04. The van der Waals surface area contributed by atoms with Gasteiger partial charge in [0.05, 0.1) is 10.2 Å². The van der Waals surface area contributed by atoms with E-state index in [0.717, 1.165) is 28.3 Å². The molecule has 3 rings (SSSR count). The van der Waals surface area contributed by atoms with Gasteiger partial charge in [-0.1, -0.05) is 31.4 Å². The predicted molar refractivity (Wildman–Crippen MR) is 106 cm³/mol. The first-order valence-electron chi connectivity index (χ1n) is 9.12. The van der Waals surface area contributed by atoms with Crippen LogP contribution in [0.1, 0.15) is 37.1 Å². The molecule has 1 heterocycles. The molecule has 1 aromatic carbocycles. The summed E-state index contributed by atoms with van der Waals surface area (Å²) in [5, 5.41) is 0.877. The van der Waals surface area contributed by atoms with Gasteiger partial charge in [-0.3, -0.25) is 4.79 Å². The van der Waals surface area contributed by atoms with E-state index in [1.54, 1.807) is 22.3 Å². The van der Waals surface area contributed by atoms with Gasteiger partial charge in [-0.15, -0.1) is 11.3 Å². The molecule has 4 nitrogen and oxygen atoms in total. The number of benzene rings is 1. The molecule has 25 heavy (non-hydrogen) atoms. The van der Waals surface area contributed by atoms with Crippen molar-refractivity contribution in [1.82, 2.24) is 14.8 Å². The average molecular weight is 358 g/mol. The fourth-order valence-corrected chi connectivity index (χ4v) is 4.22. The number of fused-ring (bicyclic) bond motifs is 1. The van der Waals surface area contributed by atoms with E-state index < -0.39 is 0 Å². The molecule has 0 bridgehead atoms. The number of likely N-dealkylation sites (N-methyl/N-ethyl adjacent to an activating group) is 2. The van der Waals surface area contributed by atoms with Crippen LogP contribution in [0.4, 0.5) is 0 Å². The summed E-state index contributed by atoms with van der Waals surface area (Å²) in [6.45, 7) is 1.69. The van der Waals surface area contributed by atoms with Gasteiger partial charge in [0.2, 0.25) is 5.91 Å². The maximum atomic E-state index is 12.3. The monoisotopic (exact) mass is 357 g/mol. The van der Waals surface area contributed by atoms with Gasteiger partial charge >= 0.3 is 0 Å². The smallest absolute Gasteiger partial charge is 0.246 e. The largest absolute Gasteiger partial charge is 0.341 e. The Morgan fingerprint density at radius 2 is 1.96 bits per heavy atom. The van der Waals surface area contributed by atoms with Crippen LogP contribution in [-0.4, -0.2) is 53.9 Å². The topological polar surface area (TPSA) is 36.4 Å². The van der Waals surface area contributed by atoms with E-state index in [2.05, 4.69) is 23.0 Å². The van der Waals surface area contributed by atoms with Crippen LogP contribution in [0.5, 0.6) is 0 Å². The quantitative estimate of drug-likeness (QED) is 0.732. The summed E-state index contributed by atoms with van der Waals surface area (Å²) in [4.78, 5) is 21.1. The number of thiazole rings is 1. The van der Waals surface area contributed by atoms with Crippen LogP contribution < -0.4 is 0 Å². The van der Waals surface area contributed by atoms with Crippen molar-refractivity contribution in [2.75, 3.05) is 27.2 Å². The number of para-hydroxylation sites is 1. The lowest BCUT2D eigenvalue weighted by Crippen LogP contribution is -2.39. The van der Waals surface area contributed by atoms with Crippen LogP contribution >= 0.6 is 11.3 Å². The van der Waals surface area contributed by atoms with E-state index in [1.165, 1.54) is 32.1 Å². The Balaban J connectivity index is 1.49. The van der Waals surface area contributed by atoms with Crippen molar-refractivity contribution in [1.29, 1.82) is 0 Å². The maximum absolute atomic E-state index is 12.3. The molecule has 0 N–H and O–H groups in total. The van der Waals surface area contributed by atoms with Crippen molar-refractivity contribution >= 4 is 33.5 Å². The highest BCUT2D eigenvalue weighted by molar-refractivity contribution is 7.19. The number of hydrogen-bond acceptors (Lipinski definition) is 4. The van der Waals surface area contributed by atoms with E-state index in [1.807, 2.05) is 31.3 Å². The Morgan fingerprint density at radius 3 is 2.72 bits per heavy atom. The lowest BCUT2D eigenvalue weighted by Gasteiger charge is -2.32. The summed E-state index contributed by atoms with van der Waals surface area (Å²) in [6, 6.07) is 8.74. The van der Waals surface area contributed by atoms with Gasteiger partial charge in [0.15, 0.2) is 0 Å². The number of carbonyl (C=O) groups is 1. The van der Waals surface area contributed by atoms with Gasteiger partial charge in [-0.25, -0.2) is 4.98 Å². The van der Waals surface area contributed by atoms with Crippen molar-refractivity contribution in [2.24, 2.45) is 0 Å². The maximum Gasteiger partial charge on any atom is 0.246 e. The number of nitrogens with zero attached hydrogens (tertiary/aromatic N) is 3. The van der Waals surface area contributed by atoms with Gasteiger partial charge in [0.25, 0.3) is 0 Å². The Hall–Kier alpha value is -1.72. The Morgan fingerprint density at radius 1 is 1.20 bits per heavy atom. The summed E-state index contributed by atoms with van der Waals surface area (Å²) in [7, 11) is 4.06. The summed E-state index contributed by atoms with van der Waals surface area (Å²) >= 11 is 1.61. The van der Waals surface area contributed by atoms with Crippen molar-refractivity contribution in [3.05, 3.63) is 35.3 Å². The normalized spacial score (nSPS) is 16.1. The molecule has 1 aliphatic carbocycles. The number of amides is 1. The van der Waals surface area contributed by atoms with Crippen molar-refractivity contribution < 1.29 is 4.79 Å². The van der Waals surface area contributed by atoms with Crippen LogP contribution in [-0.2, 0) is 4.79 Å². The fourth-order valence-electron chi connectivity index (χ4n) is 3.35. The minimum atomic E-state index is 0.0382. The Kier molecular flexibility index (Phi) is 6.21. The second-order valence-electron chi connectivity index (χ2n) is 6.89. The highest BCUT2D eigenvalue weighted by Gasteiger charge is 2.18. The van der Waals surface area contributed by atoms with Crippen LogP contribution in [0, 0.1) is 0 Å². The van der Waals surface area contributed by atoms with Crippen LogP contribution in [0.3, 0.4) is 0 Å². The third-order valence-corrected chi connectivity index (χ3v) is 6.04. The molecule has 0 radical (unpaired) electrons. The Bertz CT molecular complexity index is 700. The summed E-state index contributed by atoms with van der Waals surface area (Å²) in [6.07, 6.45) is 10.1. The van der Waals surface area contributed by atoms with Gasteiger partial charge in [-0.05, 0) is 38.1 Å². The SMILES string of the molecule is CN(CCN(C)C1CCCCC1)C(=O)/C=C/c1nc2ccccc2s1. The molecule has 1 amide bonds. The molecule has 0 aliphatic heterocycles. The van der Waals surface area contributed by atoms with E-state index in [9.17, 15) is 4.79 Å². The minimum Gasteiger partial charge on any atom is -0.341 e. The van der Waals surface area contributed by atoms with Crippen molar-refractivity contribution in [2.45, 2.75) is 38.1 Å². The van der Waals surface area contributed by atoms with E-state index in [4.69, 9.17) is 0 Å². The highest BCUT2D eigenvalue weighted by Crippen LogP contribution is 2.23. The lowest BCUT2D eigenvalue weighted by atomic mass is 9.94. The van der Waals surface area contributed by atoms with Gasteiger partial charge in [0, 0.05) is 32.3 Å². The van der Waals surface area contributed by atoms with Crippen LogP contribution in [0.25, 0.3) is 16.3 Å². The molecule has 1 fully saturated rings. The second kappa shape index (κ2) is 8.59. The summed E-state index contributed by atoms with van der Waals surface area (Å²) in [5.74, 6) is 0.0382. The molecule has 1 aliphatic rings. The Labute approximate surface area is 154 Å². The zero-order valence-electron chi connectivity index (χ0n) is 15.1. The van der Waals surface area contributed by atoms with E-state index >= 15 is 0 Å². The first kappa shape index (κ1) is 18.1. The summed E-state index contributed by atoms with van der Waals surface area (Å²) < 4.78 is 1.15. The average Bonchev–Trinajstić information content (AvgIpc) is 3.07. The number of rotatable bonds is 6. The van der Waals surface area contributed by atoms with Crippen LogP contribution in [0.15, 0.2) is 30.3 Å². The predicted octanol–water partition coefficient (Wildman–Crippen LogP) is 4.03. The molecule has 0 saturated heterocycles.